The van der Waals surface area contributed by atoms with Crippen LogP contribution in [0.1, 0.15) is 36.6 Å². The molecule has 0 spiro atoms. The van der Waals surface area contributed by atoms with Crippen molar-refractivity contribution in [3.05, 3.63) is 41.1 Å². The van der Waals surface area contributed by atoms with Gasteiger partial charge in [0.1, 0.15) is 5.82 Å². The van der Waals surface area contributed by atoms with Crippen molar-refractivity contribution in [1.29, 1.82) is 0 Å². The number of piperidine rings is 1. The summed E-state index contributed by atoms with van der Waals surface area (Å²) in [5.74, 6) is 2.44. The maximum Gasteiger partial charge on any atom is 0.227 e. The van der Waals surface area contributed by atoms with Crippen molar-refractivity contribution in [2.45, 2.75) is 40.5 Å². The van der Waals surface area contributed by atoms with Gasteiger partial charge in [-0.05, 0) is 51.2 Å². The Hall–Kier alpha value is -2.10. The van der Waals surface area contributed by atoms with Gasteiger partial charge in [0, 0.05) is 30.5 Å². The molecule has 1 aromatic carbocycles. The Kier molecular flexibility index (Phi) is 4.51. The summed E-state index contributed by atoms with van der Waals surface area (Å²) in [7, 11) is 0. The molecule has 2 heterocycles. The molecule has 0 aliphatic carbocycles. The molecule has 1 aliphatic rings. The van der Waals surface area contributed by atoms with E-state index < -0.39 is 0 Å². The maximum atomic E-state index is 4.75. The number of anilines is 3. The van der Waals surface area contributed by atoms with Crippen molar-refractivity contribution in [3.8, 4) is 0 Å². The molecule has 1 aromatic heterocycles. The first-order chi connectivity index (χ1) is 11.0. The summed E-state index contributed by atoms with van der Waals surface area (Å²) in [4.78, 5) is 11.7. The quantitative estimate of drug-likeness (QED) is 0.913. The molecule has 0 amide bonds. The minimum absolute atomic E-state index is 0.712. The van der Waals surface area contributed by atoms with Crippen LogP contribution in [0.25, 0.3) is 0 Å². The van der Waals surface area contributed by atoms with E-state index in [0.29, 0.717) is 5.92 Å². The van der Waals surface area contributed by atoms with Crippen molar-refractivity contribution in [1.82, 2.24) is 9.97 Å². The Morgan fingerprint density at radius 2 is 1.96 bits per heavy atom. The van der Waals surface area contributed by atoms with Crippen LogP contribution in [0.2, 0.25) is 0 Å². The average Bonchev–Trinajstić information content (AvgIpc) is 2.50. The molecular formula is C19H26N4. The van der Waals surface area contributed by atoms with Crippen LogP contribution in [0, 0.1) is 26.7 Å². The standard InChI is InChI=1S/C19H26N4/c1-13-7-8-17(15(3)10-13)21-18-11-16(4)20-19(22-18)23-9-5-6-14(2)12-23/h7-8,10-11,14H,5-6,9,12H2,1-4H3,(H,20,21,22). The summed E-state index contributed by atoms with van der Waals surface area (Å²) < 4.78 is 0. The van der Waals surface area contributed by atoms with Gasteiger partial charge in [0.05, 0.1) is 0 Å². The lowest BCUT2D eigenvalue weighted by Crippen LogP contribution is -2.35. The number of nitrogens with one attached hydrogen (secondary N) is 1. The van der Waals surface area contributed by atoms with Crippen molar-refractivity contribution in [3.63, 3.8) is 0 Å². The van der Waals surface area contributed by atoms with Crippen LogP contribution < -0.4 is 10.2 Å². The summed E-state index contributed by atoms with van der Waals surface area (Å²) in [6, 6.07) is 8.43. The molecule has 0 saturated carbocycles. The first-order valence-electron chi connectivity index (χ1n) is 8.46. The van der Waals surface area contributed by atoms with E-state index in [4.69, 9.17) is 4.98 Å². The third kappa shape index (κ3) is 3.81. The predicted octanol–water partition coefficient (Wildman–Crippen LogP) is 4.38. The molecule has 4 nitrogen and oxygen atoms in total. The molecule has 0 radical (unpaired) electrons. The van der Waals surface area contributed by atoms with E-state index in [-0.39, 0.29) is 0 Å². The van der Waals surface area contributed by atoms with Crippen molar-refractivity contribution in [2.24, 2.45) is 5.92 Å². The SMILES string of the molecule is Cc1ccc(Nc2cc(C)nc(N3CCCC(C)C3)n2)c(C)c1. The number of rotatable bonds is 3. The zero-order valence-electron chi connectivity index (χ0n) is 14.6. The van der Waals surface area contributed by atoms with Crippen LogP contribution in [0.5, 0.6) is 0 Å². The highest BCUT2D eigenvalue weighted by molar-refractivity contribution is 5.62. The fraction of sp³-hybridized carbons (Fsp3) is 0.474. The number of hydrogen-bond acceptors (Lipinski definition) is 4. The Morgan fingerprint density at radius 1 is 1.13 bits per heavy atom. The van der Waals surface area contributed by atoms with E-state index in [1.54, 1.807) is 0 Å². The van der Waals surface area contributed by atoms with Crippen LogP contribution >= 0.6 is 0 Å². The molecule has 1 atom stereocenters. The number of hydrogen-bond donors (Lipinski definition) is 1. The van der Waals surface area contributed by atoms with E-state index in [2.05, 4.69) is 54.2 Å². The molecule has 3 rings (SSSR count). The minimum atomic E-state index is 0.712. The summed E-state index contributed by atoms with van der Waals surface area (Å²) in [5, 5.41) is 3.45. The molecule has 1 N–H and O–H groups in total. The lowest BCUT2D eigenvalue weighted by atomic mass is 10.0. The average molecular weight is 310 g/mol. The number of aromatic nitrogens is 2. The van der Waals surface area contributed by atoms with E-state index >= 15 is 0 Å². The van der Waals surface area contributed by atoms with Gasteiger partial charge in [-0.2, -0.15) is 4.98 Å². The Balaban J connectivity index is 1.85. The highest BCUT2D eigenvalue weighted by Gasteiger charge is 2.19. The third-order valence-electron chi connectivity index (χ3n) is 4.43. The number of benzene rings is 1. The maximum absolute atomic E-state index is 4.75. The highest BCUT2D eigenvalue weighted by Crippen LogP contribution is 2.24. The monoisotopic (exact) mass is 310 g/mol. The summed E-state index contributed by atoms with van der Waals surface area (Å²) in [6.45, 7) is 10.7. The second kappa shape index (κ2) is 6.57. The highest BCUT2D eigenvalue weighted by atomic mass is 15.3. The molecule has 1 fully saturated rings. The minimum Gasteiger partial charge on any atom is -0.340 e. The molecule has 4 heteroatoms. The van der Waals surface area contributed by atoms with Crippen LogP contribution in [0.3, 0.4) is 0 Å². The molecule has 122 valence electrons. The summed E-state index contributed by atoms with van der Waals surface area (Å²) in [6.07, 6.45) is 2.52. The van der Waals surface area contributed by atoms with Gasteiger partial charge in [0.15, 0.2) is 0 Å². The summed E-state index contributed by atoms with van der Waals surface area (Å²) in [5.41, 5.74) is 4.61. The number of nitrogens with zero attached hydrogens (tertiary/aromatic N) is 3. The normalized spacial score (nSPS) is 18.1. The first kappa shape index (κ1) is 15.8. The third-order valence-corrected chi connectivity index (χ3v) is 4.43. The van der Waals surface area contributed by atoms with Crippen LogP contribution in [-0.2, 0) is 0 Å². The van der Waals surface area contributed by atoms with Crippen molar-refractivity contribution in [2.75, 3.05) is 23.3 Å². The van der Waals surface area contributed by atoms with Crippen LogP contribution in [0.4, 0.5) is 17.5 Å². The fourth-order valence-corrected chi connectivity index (χ4v) is 3.22. The van der Waals surface area contributed by atoms with Gasteiger partial charge >= 0.3 is 0 Å². The second-order valence-electron chi connectivity index (χ2n) is 6.83. The summed E-state index contributed by atoms with van der Waals surface area (Å²) >= 11 is 0. The van der Waals surface area contributed by atoms with Gasteiger partial charge in [-0.3, -0.25) is 0 Å². The molecule has 1 saturated heterocycles. The predicted molar refractivity (Wildman–Crippen MR) is 96.6 cm³/mol. The van der Waals surface area contributed by atoms with Gasteiger partial charge in [0.25, 0.3) is 0 Å². The van der Waals surface area contributed by atoms with Crippen molar-refractivity contribution >= 4 is 17.5 Å². The lowest BCUT2D eigenvalue weighted by Gasteiger charge is -2.31. The second-order valence-corrected chi connectivity index (χ2v) is 6.83. The molecule has 2 aromatic rings. The van der Waals surface area contributed by atoms with Gasteiger partial charge in [-0.15, -0.1) is 0 Å². The van der Waals surface area contributed by atoms with Crippen LogP contribution in [0.15, 0.2) is 24.3 Å². The van der Waals surface area contributed by atoms with E-state index in [1.807, 2.05) is 13.0 Å². The van der Waals surface area contributed by atoms with Gasteiger partial charge < -0.3 is 10.2 Å². The van der Waals surface area contributed by atoms with Gasteiger partial charge in [-0.1, -0.05) is 24.6 Å². The first-order valence-corrected chi connectivity index (χ1v) is 8.46. The Bertz CT molecular complexity index is 696. The lowest BCUT2D eigenvalue weighted by molar-refractivity contribution is 0.442. The fourth-order valence-electron chi connectivity index (χ4n) is 3.22. The molecule has 1 unspecified atom stereocenters. The van der Waals surface area contributed by atoms with E-state index in [1.165, 1.54) is 24.0 Å². The molecule has 1 aliphatic heterocycles. The molecular weight excluding hydrogens is 284 g/mol. The van der Waals surface area contributed by atoms with Crippen molar-refractivity contribution < 1.29 is 0 Å². The number of aryl methyl sites for hydroxylation is 3. The van der Waals surface area contributed by atoms with Crippen LogP contribution in [-0.4, -0.2) is 23.1 Å². The van der Waals surface area contributed by atoms with Gasteiger partial charge in [-0.25, -0.2) is 4.98 Å². The molecule has 23 heavy (non-hydrogen) atoms. The Morgan fingerprint density at radius 3 is 2.70 bits per heavy atom. The van der Waals surface area contributed by atoms with Gasteiger partial charge in [0.2, 0.25) is 5.95 Å². The van der Waals surface area contributed by atoms with E-state index in [0.717, 1.165) is 36.2 Å². The topological polar surface area (TPSA) is 41.1 Å². The van der Waals surface area contributed by atoms with E-state index in [9.17, 15) is 0 Å². The molecule has 0 bridgehead atoms. The zero-order valence-corrected chi connectivity index (χ0v) is 14.6. The largest absolute Gasteiger partial charge is 0.340 e. The Labute approximate surface area is 139 Å². The zero-order chi connectivity index (χ0) is 16.4. The smallest absolute Gasteiger partial charge is 0.227 e.